The van der Waals surface area contributed by atoms with E-state index in [0.717, 1.165) is 25.1 Å². The number of pyridine rings is 1. The van der Waals surface area contributed by atoms with E-state index in [9.17, 15) is 4.79 Å². The van der Waals surface area contributed by atoms with Gasteiger partial charge in [0.1, 0.15) is 6.04 Å². The van der Waals surface area contributed by atoms with Gasteiger partial charge in [-0.1, -0.05) is 6.07 Å². The van der Waals surface area contributed by atoms with Crippen molar-refractivity contribution in [2.24, 2.45) is 0 Å². The summed E-state index contributed by atoms with van der Waals surface area (Å²) in [6, 6.07) is 5.66. The summed E-state index contributed by atoms with van der Waals surface area (Å²) in [6.45, 7) is 1.41. The molecule has 2 saturated heterocycles. The number of hydrogen-bond acceptors (Lipinski definition) is 5. The van der Waals surface area contributed by atoms with Crippen molar-refractivity contribution in [3.05, 3.63) is 30.1 Å². The van der Waals surface area contributed by atoms with Gasteiger partial charge in [-0.2, -0.15) is 0 Å². The third-order valence-corrected chi connectivity index (χ3v) is 3.79. The average Bonchev–Trinajstić information content (AvgIpc) is 3.17. The second-order valence-corrected chi connectivity index (χ2v) is 5.26. The summed E-state index contributed by atoms with van der Waals surface area (Å²) in [5.74, 6) is 0.0198. The largest absolute Gasteiger partial charge is 0.376 e. The second kappa shape index (κ2) is 6.30. The van der Waals surface area contributed by atoms with Crippen LogP contribution in [0.4, 0.5) is 0 Å². The Bertz CT molecular complexity index is 448. The van der Waals surface area contributed by atoms with Crippen molar-refractivity contribution in [2.45, 2.75) is 37.5 Å². The van der Waals surface area contributed by atoms with E-state index < -0.39 is 0 Å². The van der Waals surface area contributed by atoms with Gasteiger partial charge in [0.2, 0.25) is 5.91 Å². The number of rotatable bonds is 4. The molecule has 3 unspecified atom stereocenters. The Morgan fingerprint density at radius 2 is 2.40 bits per heavy atom. The fraction of sp³-hybridized carbons (Fsp3) is 0.571. The normalized spacial score (nSPS) is 29.5. The van der Waals surface area contributed by atoms with Crippen molar-refractivity contribution in [2.75, 3.05) is 13.2 Å². The molecule has 0 bridgehead atoms. The molecule has 6 nitrogen and oxygen atoms in total. The van der Waals surface area contributed by atoms with Gasteiger partial charge < -0.3 is 10.1 Å². The molecule has 3 heterocycles. The molecule has 0 saturated carbocycles. The van der Waals surface area contributed by atoms with Crippen LogP contribution in [0.25, 0.3) is 0 Å². The van der Waals surface area contributed by atoms with Crippen LogP contribution in [0.2, 0.25) is 0 Å². The molecule has 3 N–H and O–H groups in total. The summed E-state index contributed by atoms with van der Waals surface area (Å²) < 4.78 is 5.50. The molecule has 108 valence electrons. The van der Waals surface area contributed by atoms with Crippen LogP contribution in [0.15, 0.2) is 24.4 Å². The summed E-state index contributed by atoms with van der Waals surface area (Å²) in [5, 5.41) is 2.95. The molecule has 1 amide bonds. The Morgan fingerprint density at radius 1 is 1.45 bits per heavy atom. The summed E-state index contributed by atoms with van der Waals surface area (Å²) in [7, 11) is 0. The van der Waals surface area contributed by atoms with E-state index in [0.29, 0.717) is 13.0 Å². The fourth-order valence-electron chi connectivity index (χ4n) is 2.65. The zero-order valence-electron chi connectivity index (χ0n) is 11.3. The lowest BCUT2D eigenvalue weighted by atomic mass is 10.1. The Kier molecular flexibility index (Phi) is 4.25. The number of carbonyl (C=O) groups is 1. The molecule has 2 aliphatic heterocycles. The van der Waals surface area contributed by atoms with Crippen LogP contribution < -0.4 is 16.2 Å². The lowest BCUT2D eigenvalue weighted by Crippen LogP contribution is -2.45. The van der Waals surface area contributed by atoms with Crippen LogP contribution >= 0.6 is 0 Å². The van der Waals surface area contributed by atoms with Crippen molar-refractivity contribution >= 4 is 5.91 Å². The molecule has 0 radical (unpaired) electrons. The molecule has 6 heteroatoms. The van der Waals surface area contributed by atoms with Crippen LogP contribution in [-0.4, -0.2) is 36.2 Å². The Hall–Kier alpha value is -1.50. The minimum atomic E-state index is -0.219. The number of ether oxygens (including phenoxy) is 1. The van der Waals surface area contributed by atoms with E-state index in [1.165, 1.54) is 0 Å². The molecule has 0 aromatic carbocycles. The van der Waals surface area contributed by atoms with E-state index in [4.69, 9.17) is 4.74 Å². The van der Waals surface area contributed by atoms with Gasteiger partial charge in [-0.15, -0.1) is 0 Å². The lowest BCUT2D eigenvalue weighted by molar-refractivity contribution is -0.123. The zero-order chi connectivity index (χ0) is 13.8. The number of nitrogens with zero attached hydrogens (tertiary/aromatic N) is 1. The minimum Gasteiger partial charge on any atom is -0.376 e. The molecule has 0 aliphatic carbocycles. The number of aromatic nitrogens is 1. The third-order valence-electron chi connectivity index (χ3n) is 3.79. The maximum Gasteiger partial charge on any atom is 0.238 e. The molecule has 20 heavy (non-hydrogen) atoms. The molecule has 0 spiro atoms. The number of nitrogens with one attached hydrogen (secondary N) is 3. The SMILES string of the molecule is O=C(NCC1CCCO1)C1CC(c2ccccn2)NN1. The lowest BCUT2D eigenvalue weighted by Gasteiger charge is -2.13. The van der Waals surface area contributed by atoms with Crippen molar-refractivity contribution in [1.29, 1.82) is 0 Å². The quantitative estimate of drug-likeness (QED) is 0.737. The van der Waals surface area contributed by atoms with Crippen LogP contribution in [0.3, 0.4) is 0 Å². The number of hydrogen-bond donors (Lipinski definition) is 3. The van der Waals surface area contributed by atoms with E-state index >= 15 is 0 Å². The zero-order valence-corrected chi connectivity index (χ0v) is 11.3. The van der Waals surface area contributed by atoms with Gasteiger partial charge in [0, 0.05) is 19.3 Å². The average molecular weight is 276 g/mol. The van der Waals surface area contributed by atoms with Crippen molar-refractivity contribution < 1.29 is 9.53 Å². The molecular weight excluding hydrogens is 256 g/mol. The molecule has 1 aromatic heterocycles. The Morgan fingerprint density at radius 3 is 3.15 bits per heavy atom. The van der Waals surface area contributed by atoms with Gasteiger partial charge in [0.25, 0.3) is 0 Å². The number of amides is 1. The first-order chi connectivity index (χ1) is 9.83. The molecule has 3 rings (SSSR count). The van der Waals surface area contributed by atoms with Gasteiger partial charge in [-0.25, -0.2) is 10.9 Å². The van der Waals surface area contributed by atoms with Crippen LogP contribution in [0.5, 0.6) is 0 Å². The highest BCUT2D eigenvalue weighted by Gasteiger charge is 2.31. The monoisotopic (exact) mass is 276 g/mol. The van der Waals surface area contributed by atoms with Crippen molar-refractivity contribution in [1.82, 2.24) is 21.2 Å². The standard InChI is InChI=1S/C14H20N4O2/c19-14(16-9-10-4-3-7-20-10)13-8-12(17-18-13)11-5-1-2-6-15-11/h1-2,5-6,10,12-13,17-18H,3-4,7-9H2,(H,16,19). The van der Waals surface area contributed by atoms with E-state index in [1.54, 1.807) is 6.20 Å². The maximum atomic E-state index is 12.1. The first-order valence-corrected chi connectivity index (χ1v) is 7.14. The summed E-state index contributed by atoms with van der Waals surface area (Å²) in [4.78, 5) is 16.4. The predicted octanol–water partition coefficient (Wildman–Crippen LogP) is 0.284. The van der Waals surface area contributed by atoms with Crippen molar-refractivity contribution in [3.63, 3.8) is 0 Å². The van der Waals surface area contributed by atoms with Gasteiger partial charge in [-0.3, -0.25) is 9.78 Å². The van der Waals surface area contributed by atoms with Crippen LogP contribution in [0, 0.1) is 0 Å². The number of carbonyl (C=O) groups excluding carboxylic acids is 1. The van der Waals surface area contributed by atoms with Gasteiger partial charge in [0.05, 0.1) is 17.8 Å². The number of hydrazine groups is 1. The molecule has 2 aliphatic rings. The Balaban J connectivity index is 1.48. The molecule has 1 aromatic rings. The molecular formula is C14H20N4O2. The fourth-order valence-corrected chi connectivity index (χ4v) is 2.65. The van der Waals surface area contributed by atoms with Crippen molar-refractivity contribution in [3.8, 4) is 0 Å². The molecule has 2 fully saturated rings. The Labute approximate surface area is 118 Å². The highest BCUT2D eigenvalue weighted by Crippen LogP contribution is 2.20. The first kappa shape index (κ1) is 13.5. The highest BCUT2D eigenvalue weighted by molar-refractivity contribution is 5.82. The maximum absolute atomic E-state index is 12.1. The third kappa shape index (κ3) is 3.15. The molecule has 3 atom stereocenters. The van der Waals surface area contributed by atoms with Crippen LogP contribution in [-0.2, 0) is 9.53 Å². The van der Waals surface area contributed by atoms with E-state index in [2.05, 4.69) is 21.2 Å². The van der Waals surface area contributed by atoms with Gasteiger partial charge in [-0.05, 0) is 31.4 Å². The summed E-state index contributed by atoms with van der Waals surface area (Å²) in [6.07, 6.45) is 4.77. The summed E-state index contributed by atoms with van der Waals surface area (Å²) >= 11 is 0. The predicted molar refractivity (Wildman–Crippen MR) is 73.6 cm³/mol. The van der Waals surface area contributed by atoms with E-state index in [-0.39, 0.29) is 24.1 Å². The minimum absolute atomic E-state index is 0.0198. The topological polar surface area (TPSA) is 75.3 Å². The van der Waals surface area contributed by atoms with Crippen LogP contribution in [0.1, 0.15) is 31.0 Å². The van der Waals surface area contributed by atoms with Gasteiger partial charge in [0.15, 0.2) is 0 Å². The van der Waals surface area contributed by atoms with Gasteiger partial charge >= 0.3 is 0 Å². The van der Waals surface area contributed by atoms with E-state index in [1.807, 2.05) is 18.2 Å². The smallest absolute Gasteiger partial charge is 0.238 e. The summed E-state index contributed by atoms with van der Waals surface area (Å²) in [5.41, 5.74) is 7.12. The first-order valence-electron chi connectivity index (χ1n) is 7.14. The highest BCUT2D eigenvalue weighted by atomic mass is 16.5. The second-order valence-electron chi connectivity index (χ2n) is 5.26.